The molecule has 0 saturated heterocycles. The van der Waals surface area contributed by atoms with Crippen molar-refractivity contribution in [1.82, 2.24) is 15.3 Å². The van der Waals surface area contributed by atoms with Crippen LogP contribution < -0.4 is 10.2 Å². The third-order valence-corrected chi connectivity index (χ3v) is 6.01. The van der Waals surface area contributed by atoms with Gasteiger partial charge in [-0.2, -0.15) is 13.2 Å². The van der Waals surface area contributed by atoms with Crippen molar-refractivity contribution in [2.75, 3.05) is 18.0 Å². The van der Waals surface area contributed by atoms with Gasteiger partial charge >= 0.3 is 12.1 Å². The van der Waals surface area contributed by atoms with Crippen LogP contribution in [0.3, 0.4) is 0 Å². The Morgan fingerprint density at radius 2 is 1.76 bits per heavy atom. The maximum atomic E-state index is 12.5. The van der Waals surface area contributed by atoms with Gasteiger partial charge in [-0.15, -0.1) is 11.3 Å². The lowest BCUT2D eigenvalue weighted by Gasteiger charge is -2.27. The first-order valence-corrected chi connectivity index (χ1v) is 11.3. The number of carboxylic acids is 1. The van der Waals surface area contributed by atoms with Crippen molar-refractivity contribution in [3.05, 3.63) is 75.9 Å². The number of alkyl halides is 3. The average Bonchev–Trinajstić information content (AvgIpc) is 3.26. The molecule has 3 heterocycles. The SMILES string of the molecule is O=C(NCCc1ccncc1)c1nc2c(s1)CCCN2Cc1ccccc1.O=C(O)C(F)(F)F. The summed E-state index contributed by atoms with van der Waals surface area (Å²) in [5.41, 5.74) is 2.43. The fourth-order valence-corrected chi connectivity index (χ4v) is 4.33. The van der Waals surface area contributed by atoms with Crippen LogP contribution in [0.15, 0.2) is 54.9 Å². The van der Waals surface area contributed by atoms with Crippen LogP contribution in [-0.4, -0.2) is 46.2 Å². The summed E-state index contributed by atoms with van der Waals surface area (Å²) in [6, 6.07) is 14.3. The smallest absolute Gasteiger partial charge is 0.475 e. The monoisotopic (exact) mass is 492 g/mol. The number of aromatic nitrogens is 2. The number of aryl methyl sites for hydroxylation is 1. The molecule has 1 aromatic carbocycles. The first-order valence-electron chi connectivity index (χ1n) is 10.5. The van der Waals surface area contributed by atoms with Gasteiger partial charge in [0.1, 0.15) is 5.82 Å². The predicted octanol–water partition coefficient (Wildman–Crippen LogP) is 4.10. The maximum absolute atomic E-state index is 12.5. The summed E-state index contributed by atoms with van der Waals surface area (Å²) in [6.07, 6.45) is 1.36. The lowest BCUT2D eigenvalue weighted by Crippen LogP contribution is -2.29. The average molecular weight is 493 g/mol. The highest BCUT2D eigenvalue weighted by atomic mass is 32.1. The highest BCUT2D eigenvalue weighted by molar-refractivity contribution is 7.14. The van der Waals surface area contributed by atoms with E-state index in [9.17, 15) is 18.0 Å². The molecule has 180 valence electrons. The number of rotatable bonds is 6. The molecule has 0 unspecified atom stereocenters. The van der Waals surface area contributed by atoms with Gasteiger partial charge in [0.25, 0.3) is 5.91 Å². The number of carboxylic acid groups (broad SMARTS) is 1. The number of hydrogen-bond donors (Lipinski definition) is 2. The lowest BCUT2D eigenvalue weighted by atomic mass is 10.1. The van der Waals surface area contributed by atoms with Gasteiger partial charge in [0, 0.05) is 36.9 Å². The number of pyridine rings is 1. The number of carbonyl (C=O) groups excluding carboxylic acids is 1. The zero-order valence-electron chi connectivity index (χ0n) is 18.1. The van der Waals surface area contributed by atoms with Crippen LogP contribution in [0.5, 0.6) is 0 Å². The van der Waals surface area contributed by atoms with Crippen LogP contribution in [0, 0.1) is 0 Å². The van der Waals surface area contributed by atoms with E-state index in [1.165, 1.54) is 21.8 Å². The fraction of sp³-hybridized carbons (Fsp3) is 0.304. The minimum absolute atomic E-state index is 0.0804. The minimum atomic E-state index is -5.08. The summed E-state index contributed by atoms with van der Waals surface area (Å²) >= 11 is 1.53. The van der Waals surface area contributed by atoms with Crippen molar-refractivity contribution >= 4 is 29.0 Å². The Balaban J connectivity index is 0.000000406. The van der Waals surface area contributed by atoms with E-state index in [2.05, 4.69) is 44.5 Å². The Bertz CT molecular complexity index is 1090. The molecule has 1 aliphatic rings. The Labute approximate surface area is 198 Å². The first-order chi connectivity index (χ1) is 16.2. The third-order valence-electron chi connectivity index (χ3n) is 4.91. The van der Waals surface area contributed by atoms with Gasteiger partial charge < -0.3 is 15.3 Å². The zero-order valence-corrected chi connectivity index (χ0v) is 18.9. The molecule has 3 aromatic rings. The number of fused-ring (bicyclic) bond motifs is 1. The summed E-state index contributed by atoms with van der Waals surface area (Å²) in [7, 11) is 0. The molecule has 0 aliphatic carbocycles. The molecule has 0 bridgehead atoms. The van der Waals surface area contributed by atoms with Crippen molar-refractivity contribution in [3.8, 4) is 0 Å². The highest BCUT2D eigenvalue weighted by Gasteiger charge is 2.38. The number of anilines is 1. The van der Waals surface area contributed by atoms with Gasteiger partial charge in [0.2, 0.25) is 0 Å². The molecule has 0 spiro atoms. The van der Waals surface area contributed by atoms with Crippen molar-refractivity contribution in [1.29, 1.82) is 0 Å². The molecule has 34 heavy (non-hydrogen) atoms. The van der Waals surface area contributed by atoms with E-state index in [1.54, 1.807) is 12.4 Å². The number of nitrogens with one attached hydrogen (secondary N) is 1. The third kappa shape index (κ3) is 7.27. The van der Waals surface area contributed by atoms with Crippen LogP contribution in [-0.2, 0) is 24.2 Å². The Kier molecular flexibility index (Phi) is 8.58. The largest absolute Gasteiger partial charge is 0.490 e. The second-order valence-electron chi connectivity index (χ2n) is 7.44. The van der Waals surface area contributed by atoms with E-state index in [-0.39, 0.29) is 5.91 Å². The molecular formula is C23H23F3N4O3S. The van der Waals surface area contributed by atoms with E-state index in [4.69, 9.17) is 9.90 Å². The lowest BCUT2D eigenvalue weighted by molar-refractivity contribution is -0.192. The zero-order chi connectivity index (χ0) is 24.6. The summed E-state index contributed by atoms with van der Waals surface area (Å²) in [5.74, 6) is -1.86. The number of thiazole rings is 1. The molecule has 7 nitrogen and oxygen atoms in total. The van der Waals surface area contributed by atoms with Crippen molar-refractivity contribution in [2.24, 2.45) is 0 Å². The minimum Gasteiger partial charge on any atom is -0.475 e. The number of nitrogens with zero attached hydrogens (tertiary/aromatic N) is 3. The van der Waals surface area contributed by atoms with Crippen LogP contribution in [0.2, 0.25) is 0 Å². The normalized spacial score (nSPS) is 12.9. The number of hydrogen-bond acceptors (Lipinski definition) is 6. The summed E-state index contributed by atoms with van der Waals surface area (Å²) in [4.78, 5) is 33.6. The van der Waals surface area contributed by atoms with Crippen LogP contribution >= 0.6 is 11.3 Å². The topological polar surface area (TPSA) is 95.4 Å². The predicted molar refractivity (Wildman–Crippen MR) is 122 cm³/mol. The molecule has 0 fully saturated rings. The van der Waals surface area contributed by atoms with Crippen molar-refractivity contribution < 1.29 is 27.9 Å². The molecule has 0 saturated carbocycles. The van der Waals surface area contributed by atoms with Crippen LogP contribution in [0.1, 0.15) is 32.2 Å². The van der Waals surface area contributed by atoms with Gasteiger partial charge in [0.05, 0.1) is 0 Å². The number of halogens is 3. The van der Waals surface area contributed by atoms with E-state index < -0.39 is 12.1 Å². The number of aliphatic carboxylic acids is 1. The van der Waals surface area contributed by atoms with Crippen molar-refractivity contribution in [3.63, 3.8) is 0 Å². The second kappa shape index (κ2) is 11.6. The van der Waals surface area contributed by atoms with E-state index in [0.29, 0.717) is 11.6 Å². The van der Waals surface area contributed by atoms with Crippen LogP contribution in [0.25, 0.3) is 0 Å². The molecule has 1 amide bonds. The quantitative estimate of drug-likeness (QED) is 0.538. The van der Waals surface area contributed by atoms with Gasteiger partial charge in [-0.25, -0.2) is 9.78 Å². The second-order valence-corrected chi connectivity index (χ2v) is 8.52. The van der Waals surface area contributed by atoms with Crippen molar-refractivity contribution in [2.45, 2.75) is 32.0 Å². The molecule has 0 radical (unpaired) electrons. The van der Waals surface area contributed by atoms with Gasteiger partial charge in [-0.1, -0.05) is 30.3 Å². The molecule has 1 aliphatic heterocycles. The molecule has 2 N–H and O–H groups in total. The first kappa shape index (κ1) is 25.2. The maximum Gasteiger partial charge on any atom is 0.490 e. The van der Waals surface area contributed by atoms with Gasteiger partial charge in [0.15, 0.2) is 5.01 Å². The van der Waals surface area contributed by atoms with E-state index in [0.717, 1.165) is 43.7 Å². The number of carbonyl (C=O) groups is 2. The highest BCUT2D eigenvalue weighted by Crippen LogP contribution is 2.32. The summed E-state index contributed by atoms with van der Waals surface area (Å²) in [5, 5.41) is 10.7. The van der Waals surface area contributed by atoms with Gasteiger partial charge in [-0.3, -0.25) is 9.78 Å². The standard InChI is InChI=1S/C21H22N4OS.C2HF3O2/c26-20(23-13-10-16-8-11-22-12-9-16)21-24-19-18(27-21)7-4-14-25(19)15-17-5-2-1-3-6-17;3-2(4,5)1(6)7/h1-3,5-6,8-9,11-12H,4,7,10,13-15H2,(H,23,26);(H,6,7). The Hall–Kier alpha value is -3.47. The summed E-state index contributed by atoms with van der Waals surface area (Å²) < 4.78 is 31.7. The molecule has 0 atom stereocenters. The Morgan fingerprint density at radius 1 is 1.09 bits per heavy atom. The summed E-state index contributed by atoms with van der Waals surface area (Å²) in [6.45, 7) is 2.41. The molecule has 2 aromatic heterocycles. The number of amides is 1. The molecule has 11 heteroatoms. The molecular weight excluding hydrogens is 469 g/mol. The van der Waals surface area contributed by atoms with Gasteiger partial charge in [-0.05, 0) is 42.5 Å². The van der Waals surface area contributed by atoms with E-state index >= 15 is 0 Å². The Morgan fingerprint density at radius 3 is 2.41 bits per heavy atom. The van der Waals surface area contributed by atoms with E-state index in [1.807, 2.05) is 18.2 Å². The number of benzene rings is 1. The molecule has 4 rings (SSSR count). The van der Waals surface area contributed by atoms with Crippen LogP contribution in [0.4, 0.5) is 19.0 Å². The fourth-order valence-electron chi connectivity index (χ4n) is 3.29.